The summed E-state index contributed by atoms with van der Waals surface area (Å²) in [5.41, 5.74) is -1.95. The van der Waals surface area contributed by atoms with Crippen LogP contribution in [-0.4, -0.2) is 16.7 Å². The number of hydrogen-bond acceptors (Lipinski definition) is 5. The van der Waals surface area contributed by atoms with Crippen LogP contribution in [0.25, 0.3) is 4.98 Å². The van der Waals surface area contributed by atoms with Crippen molar-refractivity contribution in [3.8, 4) is 6.07 Å². The fraction of sp³-hybridized carbons (Fsp3) is 0.500. The van der Waals surface area contributed by atoms with Gasteiger partial charge in [-0.05, 0) is 13.8 Å². The number of ether oxygens (including phenoxy) is 1. The molecule has 0 saturated heterocycles. The Labute approximate surface area is 81.0 Å². The molecule has 0 aliphatic heterocycles. The van der Waals surface area contributed by atoms with Gasteiger partial charge in [0.25, 0.3) is 0 Å². The molecular formula is C8H10N3O3+. The first kappa shape index (κ1) is 11.9. The molecular weight excluding hydrogens is 186 g/mol. The first-order valence-electron chi connectivity index (χ1n) is 3.73. The average Bonchev–Trinajstić information content (AvgIpc) is 2.03. The van der Waals surface area contributed by atoms with Crippen molar-refractivity contribution in [3.05, 3.63) is 16.4 Å². The van der Waals surface area contributed by atoms with Gasteiger partial charge in [0.1, 0.15) is 6.07 Å². The largest absolute Gasteiger partial charge is 0.505 e. The van der Waals surface area contributed by atoms with Crippen LogP contribution < -0.4 is 0 Å². The van der Waals surface area contributed by atoms with Crippen LogP contribution in [0.4, 0.5) is 0 Å². The maximum absolute atomic E-state index is 11.1. The number of nitriles is 1. The van der Waals surface area contributed by atoms with Crippen molar-refractivity contribution in [3.63, 3.8) is 0 Å². The van der Waals surface area contributed by atoms with Crippen molar-refractivity contribution in [2.45, 2.75) is 26.4 Å². The summed E-state index contributed by atoms with van der Waals surface area (Å²) in [5, 5.41) is 25.8. The third-order valence-electron chi connectivity index (χ3n) is 1.25. The molecule has 0 bridgehead atoms. The molecule has 0 rings (SSSR count). The smallest absolute Gasteiger partial charge is 0.504 e. The molecule has 14 heavy (non-hydrogen) atoms. The SMILES string of the molecule is CC(O)=C([N+]#N)C(=O)OC(C)(C)C#N. The summed E-state index contributed by atoms with van der Waals surface area (Å²) in [6.07, 6.45) is 0. The molecule has 6 heteroatoms. The Bertz CT molecular complexity index is 353. The van der Waals surface area contributed by atoms with Crippen molar-refractivity contribution < 1.29 is 14.6 Å². The van der Waals surface area contributed by atoms with Gasteiger partial charge in [0.05, 0.1) is 0 Å². The van der Waals surface area contributed by atoms with E-state index in [0.717, 1.165) is 6.92 Å². The van der Waals surface area contributed by atoms with E-state index < -0.39 is 23.0 Å². The minimum atomic E-state index is -1.33. The van der Waals surface area contributed by atoms with E-state index in [0.29, 0.717) is 0 Å². The van der Waals surface area contributed by atoms with Crippen molar-refractivity contribution in [1.82, 2.24) is 0 Å². The first-order chi connectivity index (χ1) is 6.34. The number of hydrogen-bond donors (Lipinski definition) is 1. The summed E-state index contributed by atoms with van der Waals surface area (Å²) in [6, 6.07) is 1.72. The lowest BCUT2D eigenvalue weighted by Gasteiger charge is -2.13. The zero-order valence-electron chi connectivity index (χ0n) is 8.11. The van der Waals surface area contributed by atoms with Crippen molar-refractivity contribution >= 4 is 5.97 Å². The number of diazo groups is 1. The minimum absolute atomic E-state index is 0.480. The van der Waals surface area contributed by atoms with Crippen LogP contribution in [0.1, 0.15) is 20.8 Å². The normalized spacial score (nSPS) is 12.1. The van der Waals surface area contributed by atoms with Gasteiger partial charge in [-0.3, -0.25) is 0 Å². The van der Waals surface area contributed by atoms with E-state index in [2.05, 4.69) is 9.71 Å². The number of aliphatic hydroxyl groups excluding tert-OH is 1. The van der Waals surface area contributed by atoms with Gasteiger partial charge in [0, 0.05) is 6.92 Å². The zero-order valence-corrected chi connectivity index (χ0v) is 8.11. The molecule has 0 heterocycles. The van der Waals surface area contributed by atoms with Gasteiger partial charge in [-0.2, -0.15) is 5.26 Å². The number of rotatable bonds is 2. The van der Waals surface area contributed by atoms with Crippen LogP contribution in [0.3, 0.4) is 0 Å². The minimum Gasteiger partial charge on any atom is -0.505 e. The lowest BCUT2D eigenvalue weighted by molar-refractivity contribution is -0.146. The van der Waals surface area contributed by atoms with Gasteiger partial charge in [-0.15, -0.1) is 0 Å². The van der Waals surface area contributed by atoms with E-state index in [9.17, 15) is 4.79 Å². The second-order valence-electron chi connectivity index (χ2n) is 3.05. The van der Waals surface area contributed by atoms with Crippen molar-refractivity contribution in [2.24, 2.45) is 0 Å². The average molecular weight is 196 g/mol. The lowest BCUT2D eigenvalue weighted by Crippen LogP contribution is -2.26. The van der Waals surface area contributed by atoms with Crippen molar-refractivity contribution in [2.75, 3.05) is 0 Å². The fourth-order valence-corrected chi connectivity index (χ4v) is 0.564. The molecule has 74 valence electrons. The summed E-state index contributed by atoms with van der Waals surface area (Å²) >= 11 is 0. The van der Waals surface area contributed by atoms with E-state index in [1.165, 1.54) is 13.8 Å². The molecule has 0 aromatic heterocycles. The van der Waals surface area contributed by atoms with E-state index in [4.69, 9.17) is 15.8 Å². The topological polar surface area (TPSA) is 98.5 Å². The molecule has 0 saturated carbocycles. The Morgan fingerprint density at radius 3 is 2.36 bits per heavy atom. The van der Waals surface area contributed by atoms with Gasteiger partial charge < -0.3 is 9.84 Å². The second-order valence-corrected chi connectivity index (χ2v) is 3.05. The highest BCUT2D eigenvalue weighted by molar-refractivity contribution is 5.91. The van der Waals surface area contributed by atoms with Crippen LogP contribution in [0, 0.1) is 16.7 Å². The summed E-state index contributed by atoms with van der Waals surface area (Å²) < 4.78 is 4.63. The fourth-order valence-electron chi connectivity index (χ4n) is 0.564. The molecule has 0 atom stereocenters. The van der Waals surface area contributed by atoms with Crippen LogP contribution in [0.15, 0.2) is 11.5 Å². The Morgan fingerprint density at radius 1 is 1.57 bits per heavy atom. The molecule has 0 aromatic rings. The van der Waals surface area contributed by atoms with Gasteiger partial charge in [0.15, 0.2) is 16.3 Å². The standard InChI is InChI=1S/C8H9N3O3/c1-5(12)6(11-10)7(13)14-8(2,3)4-9/h1-3H3/p+1. The highest BCUT2D eigenvalue weighted by Gasteiger charge is 2.34. The maximum Gasteiger partial charge on any atom is 0.504 e. The van der Waals surface area contributed by atoms with E-state index >= 15 is 0 Å². The summed E-state index contributed by atoms with van der Waals surface area (Å²) in [4.78, 5) is 13.7. The molecule has 0 amide bonds. The maximum atomic E-state index is 11.1. The zero-order chi connectivity index (χ0) is 11.4. The van der Waals surface area contributed by atoms with Gasteiger partial charge in [-0.1, -0.05) is 0 Å². The van der Waals surface area contributed by atoms with Gasteiger partial charge in [0.2, 0.25) is 5.39 Å². The van der Waals surface area contributed by atoms with E-state index in [-0.39, 0.29) is 0 Å². The van der Waals surface area contributed by atoms with Crippen LogP contribution in [0.5, 0.6) is 0 Å². The quantitative estimate of drug-likeness (QED) is 0.312. The third kappa shape index (κ3) is 3.11. The molecule has 0 spiro atoms. The highest BCUT2D eigenvalue weighted by Crippen LogP contribution is 2.13. The predicted octanol–water partition coefficient (Wildman–Crippen LogP) is 1.47. The Balaban J connectivity index is 4.80. The Kier molecular flexibility index (Phi) is 3.61. The van der Waals surface area contributed by atoms with Crippen LogP contribution in [0.2, 0.25) is 0 Å². The summed E-state index contributed by atoms with van der Waals surface area (Å²) in [5.74, 6) is -1.54. The second kappa shape index (κ2) is 4.24. The summed E-state index contributed by atoms with van der Waals surface area (Å²) in [6.45, 7) is 3.90. The first-order valence-corrected chi connectivity index (χ1v) is 3.73. The van der Waals surface area contributed by atoms with Crippen LogP contribution in [-0.2, 0) is 9.53 Å². The molecule has 0 aromatic carbocycles. The monoisotopic (exact) mass is 196 g/mol. The van der Waals surface area contributed by atoms with E-state index in [1.807, 2.05) is 0 Å². The highest BCUT2D eigenvalue weighted by atomic mass is 16.6. The molecule has 6 nitrogen and oxygen atoms in total. The van der Waals surface area contributed by atoms with Gasteiger partial charge in [-0.25, -0.2) is 4.79 Å². The molecule has 0 fully saturated rings. The Morgan fingerprint density at radius 2 is 2.07 bits per heavy atom. The molecule has 0 aliphatic rings. The number of aliphatic hydroxyl groups is 1. The Hall–Kier alpha value is -2.08. The van der Waals surface area contributed by atoms with Crippen LogP contribution >= 0.6 is 0 Å². The number of carbonyl (C=O) groups excluding carboxylic acids is 1. The predicted molar refractivity (Wildman–Crippen MR) is 46.2 cm³/mol. The lowest BCUT2D eigenvalue weighted by atomic mass is 10.2. The molecule has 0 unspecified atom stereocenters. The van der Waals surface area contributed by atoms with Gasteiger partial charge >= 0.3 is 11.7 Å². The summed E-state index contributed by atoms with van der Waals surface area (Å²) in [7, 11) is 0. The number of allylic oxidation sites excluding steroid dienone is 1. The molecule has 0 aliphatic carbocycles. The number of carbonyl (C=O) groups is 1. The molecule has 1 N–H and O–H groups in total. The molecule has 0 radical (unpaired) electrons. The van der Waals surface area contributed by atoms with Crippen molar-refractivity contribution in [1.29, 1.82) is 10.7 Å². The number of nitrogens with zero attached hydrogens (tertiary/aromatic N) is 3. The number of esters is 1. The third-order valence-corrected chi connectivity index (χ3v) is 1.25. The van der Waals surface area contributed by atoms with E-state index in [1.54, 1.807) is 6.07 Å².